The number of anilines is 1. The molecular formula is C20H14F3NO. The lowest BCUT2D eigenvalue weighted by atomic mass is 9.83. The topological polar surface area (TPSA) is 29.1 Å². The zero-order chi connectivity index (χ0) is 17.6. The molecule has 1 heterocycles. The first-order valence-corrected chi connectivity index (χ1v) is 7.92. The molecule has 0 saturated heterocycles. The van der Waals surface area contributed by atoms with Crippen molar-refractivity contribution in [1.82, 2.24) is 0 Å². The number of rotatable bonds is 1. The Bertz CT molecular complexity index is 961. The molecule has 126 valence electrons. The molecule has 0 bridgehead atoms. The van der Waals surface area contributed by atoms with Crippen LogP contribution in [0.15, 0.2) is 60.7 Å². The van der Waals surface area contributed by atoms with Gasteiger partial charge in [-0.15, -0.1) is 0 Å². The fraction of sp³-hybridized carbons (Fsp3) is 0.150. The highest BCUT2D eigenvalue weighted by atomic mass is 19.4. The molecule has 1 N–H and O–H groups in total. The summed E-state index contributed by atoms with van der Waals surface area (Å²) in [5.41, 5.74) is 1.70. The highest BCUT2D eigenvalue weighted by molar-refractivity contribution is 6.06. The number of benzene rings is 3. The van der Waals surface area contributed by atoms with Gasteiger partial charge in [0, 0.05) is 17.7 Å². The lowest BCUT2D eigenvalue weighted by Crippen LogP contribution is -2.23. The first kappa shape index (κ1) is 15.7. The van der Waals surface area contributed by atoms with Crippen LogP contribution in [-0.4, -0.2) is 5.91 Å². The molecule has 1 unspecified atom stereocenters. The van der Waals surface area contributed by atoms with Crippen LogP contribution in [-0.2, 0) is 11.0 Å². The third-order valence-electron chi connectivity index (χ3n) is 4.63. The molecule has 0 fully saturated rings. The smallest absolute Gasteiger partial charge is 0.325 e. The average Bonchev–Trinajstić information content (AvgIpc) is 2.60. The number of hydrogen-bond acceptors (Lipinski definition) is 1. The van der Waals surface area contributed by atoms with Crippen LogP contribution in [0, 0.1) is 0 Å². The van der Waals surface area contributed by atoms with Gasteiger partial charge in [0.1, 0.15) is 0 Å². The molecule has 1 amide bonds. The molecule has 3 aromatic carbocycles. The lowest BCUT2D eigenvalue weighted by Gasteiger charge is -2.27. The molecule has 1 aliphatic heterocycles. The normalized spacial score (nSPS) is 17.2. The molecule has 0 radical (unpaired) electrons. The van der Waals surface area contributed by atoms with Gasteiger partial charge in [-0.3, -0.25) is 4.79 Å². The number of amides is 1. The Hall–Kier alpha value is -2.82. The van der Waals surface area contributed by atoms with Crippen molar-refractivity contribution in [2.45, 2.75) is 18.5 Å². The minimum atomic E-state index is -4.36. The van der Waals surface area contributed by atoms with E-state index in [0.717, 1.165) is 34.2 Å². The Morgan fingerprint density at radius 3 is 2.36 bits per heavy atom. The van der Waals surface area contributed by atoms with E-state index in [2.05, 4.69) is 5.32 Å². The van der Waals surface area contributed by atoms with Crippen LogP contribution >= 0.6 is 0 Å². The third kappa shape index (κ3) is 2.76. The molecule has 1 atom stereocenters. The lowest BCUT2D eigenvalue weighted by molar-refractivity contribution is -0.137. The van der Waals surface area contributed by atoms with Crippen LogP contribution in [0.1, 0.15) is 29.0 Å². The fourth-order valence-corrected chi connectivity index (χ4v) is 3.41. The van der Waals surface area contributed by atoms with Crippen molar-refractivity contribution >= 4 is 22.4 Å². The van der Waals surface area contributed by atoms with Crippen molar-refractivity contribution in [2.24, 2.45) is 0 Å². The van der Waals surface area contributed by atoms with Crippen LogP contribution in [0.4, 0.5) is 18.9 Å². The summed E-state index contributed by atoms with van der Waals surface area (Å²) >= 11 is 0. The minimum Gasteiger partial charge on any atom is -0.325 e. The second-order valence-electron chi connectivity index (χ2n) is 6.18. The van der Waals surface area contributed by atoms with Gasteiger partial charge in [0.05, 0.1) is 11.3 Å². The van der Waals surface area contributed by atoms with Gasteiger partial charge in [-0.05, 0) is 28.6 Å². The predicted molar refractivity (Wildman–Crippen MR) is 90.5 cm³/mol. The van der Waals surface area contributed by atoms with Crippen LogP contribution < -0.4 is 5.32 Å². The van der Waals surface area contributed by atoms with Gasteiger partial charge in [-0.1, -0.05) is 48.5 Å². The molecule has 2 nitrogen and oxygen atoms in total. The average molecular weight is 341 g/mol. The summed E-state index contributed by atoms with van der Waals surface area (Å²) < 4.78 is 38.3. The summed E-state index contributed by atoms with van der Waals surface area (Å²) in [5, 5.41) is 4.86. The molecule has 0 spiro atoms. The van der Waals surface area contributed by atoms with Crippen molar-refractivity contribution < 1.29 is 18.0 Å². The first-order chi connectivity index (χ1) is 11.9. The fourth-order valence-electron chi connectivity index (χ4n) is 3.41. The van der Waals surface area contributed by atoms with Crippen molar-refractivity contribution in [1.29, 1.82) is 0 Å². The summed E-state index contributed by atoms with van der Waals surface area (Å²) in [6.07, 6.45) is -4.15. The maximum atomic E-state index is 12.8. The molecule has 0 saturated carbocycles. The number of carbonyl (C=O) groups is 1. The van der Waals surface area contributed by atoms with Crippen molar-refractivity contribution in [3.05, 3.63) is 77.4 Å². The van der Waals surface area contributed by atoms with E-state index < -0.39 is 11.7 Å². The summed E-state index contributed by atoms with van der Waals surface area (Å²) in [6.45, 7) is 0. The van der Waals surface area contributed by atoms with Crippen LogP contribution in [0.2, 0.25) is 0 Å². The van der Waals surface area contributed by atoms with Gasteiger partial charge < -0.3 is 5.32 Å². The Balaban J connectivity index is 1.82. The number of fused-ring (bicyclic) bond motifs is 3. The molecule has 0 aliphatic carbocycles. The summed E-state index contributed by atoms with van der Waals surface area (Å²) in [4.78, 5) is 12.2. The van der Waals surface area contributed by atoms with Gasteiger partial charge in [0.25, 0.3) is 0 Å². The molecule has 5 heteroatoms. The summed E-state index contributed by atoms with van der Waals surface area (Å²) in [7, 11) is 0. The van der Waals surface area contributed by atoms with E-state index in [4.69, 9.17) is 0 Å². The van der Waals surface area contributed by atoms with E-state index in [1.54, 1.807) is 0 Å². The van der Waals surface area contributed by atoms with E-state index in [9.17, 15) is 18.0 Å². The van der Waals surface area contributed by atoms with Crippen LogP contribution in [0.3, 0.4) is 0 Å². The summed E-state index contributed by atoms with van der Waals surface area (Å²) in [5.74, 6) is -0.385. The monoisotopic (exact) mass is 341 g/mol. The Morgan fingerprint density at radius 1 is 0.920 bits per heavy atom. The van der Waals surface area contributed by atoms with Crippen molar-refractivity contribution in [3.63, 3.8) is 0 Å². The second kappa shape index (κ2) is 5.62. The molecule has 1 aliphatic rings. The Morgan fingerprint density at radius 2 is 1.64 bits per heavy atom. The van der Waals surface area contributed by atoms with Gasteiger partial charge >= 0.3 is 6.18 Å². The van der Waals surface area contributed by atoms with E-state index in [0.29, 0.717) is 5.56 Å². The number of carbonyl (C=O) groups excluding carboxylic acids is 1. The predicted octanol–water partition coefficient (Wildman–Crippen LogP) is 5.33. The first-order valence-electron chi connectivity index (χ1n) is 7.92. The van der Waals surface area contributed by atoms with Crippen molar-refractivity contribution in [2.75, 3.05) is 5.32 Å². The zero-order valence-electron chi connectivity index (χ0n) is 13.1. The van der Waals surface area contributed by atoms with E-state index in [1.165, 1.54) is 12.1 Å². The van der Waals surface area contributed by atoms with E-state index >= 15 is 0 Å². The van der Waals surface area contributed by atoms with Crippen molar-refractivity contribution in [3.8, 4) is 0 Å². The number of hydrogen-bond donors (Lipinski definition) is 1. The largest absolute Gasteiger partial charge is 0.416 e. The highest BCUT2D eigenvalue weighted by Gasteiger charge is 2.32. The number of nitrogens with one attached hydrogen (secondary N) is 1. The molecular weight excluding hydrogens is 327 g/mol. The quantitative estimate of drug-likeness (QED) is 0.636. The van der Waals surface area contributed by atoms with Crippen LogP contribution in [0.5, 0.6) is 0 Å². The number of halogens is 3. The molecule has 0 aromatic heterocycles. The number of alkyl halides is 3. The SMILES string of the molecule is O=C1CC(c2ccc(C(F)(F)F)cc2)c2ccc3ccccc3c2N1. The standard InChI is InChI=1S/C20H14F3NO/c21-20(22,23)14-8-5-13(6-9-14)17-11-18(25)24-19-15-4-2-1-3-12(15)7-10-16(17)19/h1-10,17H,11H2,(H,24,25). The molecule has 4 rings (SSSR count). The third-order valence-corrected chi connectivity index (χ3v) is 4.63. The Kier molecular flexibility index (Phi) is 3.53. The van der Waals surface area contributed by atoms with Gasteiger partial charge in [0.2, 0.25) is 5.91 Å². The van der Waals surface area contributed by atoms with E-state index in [-0.39, 0.29) is 18.2 Å². The molecule has 3 aromatic rings. The summed E-state index contributed by atoms with van der Waals surface area (Å²) in [6, 6.07) is 16.7. The van der Waals surface area contributed by atoms with Gasteiger partial charge in [-0.25, -0.2) is 0 Å². The highest BCUT2D eigenvalue weighted by Crippen LogP contribution is 2.41. The second-order valence-corrected chi connectivity index (χ2v) is 6.18. The zero-order valence-corrected chi connectivity index (χ0v) is 13.1. The Labute approximate surface area is 142 Å². The maximum Gasteiger partial charge on any atom is 0.416 e. The maximum absolute atomic E-state index is 12.8. The van der Waals surface area contributed by atoms with E-state index in [1.807, 2.05) is 36.4 Å². The van der Waals surface area contributed by atoms with Gasteiger partial charge in [0.15, 0.2) is 0 Å². The van der Waals surface area contributed by atoms with Crippen LogP contribution in [0.25, 0.3) is 10.8 Å². The minimum absolute atomic E-state index is 0.131. The molecule has 25 heavy (non-hydrogen) atoms. The van der Waals surface area contributed by atoms with Gasteiger partial charge in [-0.2, -0.15) is 13.2 Å².